The fraction of sp³-hybridized carbons (Fsp3) is 0.453. The van der Waals surface area contributed by atoms with Gasteiger partial charge in [-0.1, -0.05) is 74.0 Å². The SMILES string of the molecule is CC[C@H](C)[C@@H](C(=O)N1C[C@H](O)C[C@H]1C(=O)N[C@@H](CO)c1ccc(-c2scnc2C)cc1)n1cc(-c2ccc(COc3c(-c4c(C)c(F)cc5[nH]ncc45)c(C4CC4)cc4c(O[C@H]5CCN(C(=O)NCCN(C)C)C5)nc(OC[C@H](C)OC)nc34)cc2)nn1. The number of ether oxygens (including phenoxy) is 4. The number of urea groups is 1. The van der Waals surface area contributed by atoms with Crippen molar-refractivity contribution in [2.75, 3.05) is 67.1 Å². The van der Waals surface area contributed by atoms with Gasteiger partial charge in [0, 0.05) is 68.2 Å². The molecule has 7 atom stereocenters. The number of likely N-dealkylation sites (tertiary alicyclic amines) is 2. The van der Waals surface area contributed by atoms with Crippen LogP contribution in [0.5, 0.6) is 17.6 Å². The van der Waals surface area contributed by atoms with E-state index in [1.165, 1.54) is 27.0 Å². The van der Waals surface area contributed by atoms with Crippen molar-refractivity contribution in [3.63, 3.8) is 0 Å². The Morgan fingerprint density at radius 2 is 1.74 bits per heavy atom. The fourth-order valence-electron chi connectivity index (χ4n) is 11.6. The third-order valence-corrected chi connectivity index (χ3v) is 18.1. The lowest BCUT2D eigenvalue weighted by molar-refractivity contribution is -0.143. The minimum Gasteiger partial charge on any atom is -0.486 e. The number of β-amino-alcohol motifs (C(OH)–C–C–N with tert-alkyl or cyclic N) is 1. The van der Waals surface area contributed by atoms with Gasteiger partial charge < -0.3 is 54.5 Å². The fourth-order valence-corrected chi connectivity index (χ4v) is 12.4. The van der Waals surface area contributed by atoms with E-state index in [4.69, 9.17) is 28.9 Å². The van der Waals surface area contributed by atoms with Crippen LogP contribution in [0.25, 0.3) is 54.6 Å². The number of rotatable bonds is 24. The van der Waals surface area contributed by atoms with E-state index in [0.717, 1.165) is 40.1 Å². The van der Waals surface area contributed by atoms with Crippen LogP contribution >= 0.6 is 11.3 Å². The second-order valence-electron chi connectivity index (χ2n) is 23.6. The number of benzene rings is 4. The van der Waals surface area contributed by atoms with Crippen LogP contribution < -0.4 is 24.8 Å². The number of carbonyl (C=O) groups excluding carboxylic acids is 3. The summed E-state index contributed by atoms with van der Waals surface area (Å²) in [5, 5.41) is 45.1. The number of thiazole rings is 1. The largest absolute Gasteiger partial charge is 0.486 e. The number of halogens is 1. The second kappa shape index (κ2) is 26.7. The van der Waals surface area contributed by atoms with Gasteiger partial charge in [-0.25, -0.2) is 18.9 Å². The number of likely N-dealkylation sites (N-methyl/N-ethyl adjacent to an activating group) is 1. The molecule has 1 aliphatic carbocycles. The zero-order valence-corrected chi connectivity index (χ0v) is 51.6. The number of hydrogen-bond acceptors (Lipinski definition) is 17. The quantitative estimate of drug-likeness (QED) is 0.0381. The van der Waals surface area contributed by atoms with Crippen molar-refractivity contribution < 1.29 is 47.9 Å². The molecule has 0 bridgehead atoms. The topological polar surface area (TPSA) is 260 Å². The summed E-state index contributed by atoms with van der Waals surface area (Å²) in [7, 11) is 5.50. The van der Waals surface area contributed by atoms with Crippen LogP contribution in [0, 0.1) is 25.6 Å². The van der Waals surface area contributed by atoms with E-state index in [-0.39, 0.29) is 74.6 Å². The Kier molecular flexibility index (Phi) is 18.6. The van der Waals surface area contributed by atoms with E-state index >= 15 is 4.39 Å². The van der Waals surface area contributed by atoms with Gasteiger partial charge in [0.25, 0.3) is 0 Å². The minimum absolute atomic E-state index is 0.0208. The highest BCUT2D eigenvalue weighted by Gasteiger charge is 2.44. The summed E-state index contributed by atoms with van der Waals surface area (Å²) < 4.78 is 43.4. The molecule has 3 fully saturated rings. The van der Waals surface area contributed by atoms with Crippen molar-refractivity contribution in [2.24, 2.45) is 5.92 Å². The van der Waals surface area contributed by atoms with Gasteiger partial charge >= 0.3 is 12.0 Å². The van der Waals surface area contributed by atoms with E-state index in [2.05, 4.69) is 36.1 Å². The summed E-state index contributed by atoms with van der Waals surface area (Å²) in [6, 6.07) is 15.9. The molecule has 3 aliphatic rings. The molecule has 4 amide bonds. The predicted octanol–water partition coefficient (Wildman–Crippen LogP) is 8.30. The number of fused-ring (bicyclic) bond motifs is 2. The van der Waals surface area contributed by atoms with E-state index in [1.54, 1.807) is 36.8 Å². The average molecular weight is 1220 g/mol. The summed E-state index contributed by atoms with van der Waals surface area (Å²) >= 11 is 1.53. The molecule has 0 spiro atoms. The summed E-state index contributed by atoms with van der Waals surface area (Å²) in [5.74, 6) is -0.784. The second-order valence-corrected chi connectivity index (χ2v) is 24.5. The van der Waals surface area contributed by atoms with E-state index in [1.807, 2.05) is 101 Å². The number of aromatic nitrogens is 8. The normalized spacial score (nSPS) is 18.2. The van der Waals surface area contributed by atoms with Gasteiger partial charge in [0.15, 0.2) is 5.75 Å². The Hall–Kier alpha value is -8.16. The monoisotopic (exact) mass is 1220 g/mol. The molecule has 22 nitrogen and oxygen atoms in total. The van der Waals surface area contributed by atoms with Crippen LogP contribution in [0.3, 0.4) is 0 Å². The summed E-state index contributed by atoms with van der Waals surface area (Å²) in [4.78, 5) is 62.7. The highest BCUT2D eigenvalue weighted by atomic mass is 32.1. The molecule has 1 saturated carbocycles. The van der Waals surface area contributed by atoms with Crippen LogP contribution in [-0.2, 0) is 20.9 Å². The number of H-pyrrole nitrogens is 1. The average Bonchev–Trinajstić information content (AvgIpc) is 1.46. The highest BCUT2D eigenvalue weighted by Crippen LogP contribution is 2.53. The number of amides is 4. The van der Waals surface area contributed by atoms with Crippen molar-refractivity contribution in [1.29, 1.82) is 0 Å². The van der Waals surface area contributed by atoms with Crippen LogP contribution in [-0.4, -0.2) is 174 Å². The number of nitrogens with one attached hydrogen (secondary N) is 3. The molecule has 0 unspecified atom stereocenters. The predicted molar refractivity (Wildman–Crippen MR) is 330 cm³/mol. The molecule has 24 heteroatoms. The Morgan fingerprint density at radius 1 is 0.966 bits per heavy atom. The lowest BCUT2D eigenvalue weighted by atomic mass is 9.89. The van der Waals surface area contributed by atoms with Crippen LogP contribution in [0.1, 0.15) is 98.8 Å². The number of carbonyl (C=O) groups is 3. The molecule has 0 radical (unpaired) electrons. The zero-order chi connectivity index (χ0) is 61.9. The number of aliphatic hydroxyl groups is 2. The smallest absolute Gasteiger partial charge is 0.320 e. The lowest BCUT2D eigenvalue weighted by Gasteiger charge is -2.31. The van der Waals surface area contributed by atoms with Gasteiger partial charge in [0.1, 0.15) is 48.4 Å². The summed E-state index contributed by atoms with van der Waals surface area (Å²) in [6.07, 6.45) is 4.74. The molecule has 5 N–H and O–H groups in total. The number of methoxy groups -OCH3 is 1. The summed E-state index contributed by atoms with van der Waals surface area (Å²) in [6.45, 7) is 11.3. The first-order valence-electron chi connectivity index (χ1n) is 30.1. The standard InChI is InChI=1S/C64H76FN13O9S/c1-9-35(2)57(62(82)77-28-44(80)24-53(77)60(81)69-52(31-79)42-16-18-43(19-17-42)59-38(5)67-34-88-59)78-30-51(73-74-78)41-12-10-39(11-13-41)33-85-58-55(54-37(4)49(65)26-50-48(54)27-68-72-50)46(40-14-15-40)25-47-56(58)70-63(86-32-36(3)84-8)71-61(47)87-45-20-22-76(29-45)64(83)66-21-23-75(6)7/h10-13,16-19,25-27,30,34-36,40,44-45,52-53,57,79-80H,9,14-15,20-24,28-29,31-33H2,1-8H3,(H,66,83)(H,68,72)(H,69,81)/t35-,36-,44+,45-,52-,53-,57-/m0/s1. The maximum atomic E-state index is 16.2. The molecule has 4 aromatic heterocycles. The first-order chi connectivity index (χ1) is 42.5. The van der Waals surface area contributed by atoms with E-state index < -0.39 is 42.1 Å². The van der Waals surface area contributed by atoms with Crippen molar-refractivity contribution in [1.82, 2.24) is 65.5 Å². The maximum Gasteiger partial charge on any atom is 0.320 e. The molecular weight excluding hydrogens is 1150 g/mol. The highest BCUT2D eigenvalue weighted by molar-refractivity contribution is 7.13. The molecule has 2 saturated heterocycles. The third-order valence-electron chi connectivity index (χ3n) is 17.1. The minimum atomic E-state index is -1.000. The molecular formula is C64H76FN13O9S. The van der Waals surface area contributed by atoms with Crippen molar-refractivity contribution in [3.8, 4) is 50.5 Å². The van der Waals surface area contributed by atoms with E-state index in [0.29, 0.717) is 100 Å². The zero-order valence-electron chi connectivity index (χ0n) is 50.8. The molecule has 11 rings (SSSR count). The first kappa shape index (κ1) is 61.5. The lowest BCUT2D eigenvalue weighted by Crippen LogP contribution is -2.50. The molecule has 6 heterocycles. The molecule has 2 aliphatic heterocycles. The third kappa shape index (κ3) is 13.2. The molecule has 88 heavy (non-hydrogen) atoms. The van der Waals surface area contributed by atoms with Gasteiger partial charge in [-0.15, -0.1) is 16.4 Å². The Balaban J connectivity index is 0.874. The number of aliphatic hydroxyl groups excluding tert-OH is 2. The number of nitrogens with zero attached hydrogens (tertiary/aromatic N) is 10. The Bertz CT molecular complexity index is 3800. The maximum absolute atomic E-state index is 16.2. The number of hydrogen-bond donors (Lipinski definition) is 5. The summed E-state index contributed by atoms with van der Waals surface area (Å²) in [5.41, 5.74) is 9.89. The van der Waals surface area contributed by atoms with Crippen molar-refractivity contribution in [2.45, 2.75) is 116 Å². The van der Waals surface area contributed by atoms with E-state index in [9.17, 15) is 24.6 Å². The Labute approximate surface area is 513 Å². The Morgan fingerprint density at radius 3 is 2.44 bits per heavy atom. The number of aromatic amines is 1. The van der Waals surface area contributed by atoms with Gasteiger partial charge in [-0.05, 0) is 99.5 Å². The van der Waals surface area contributed by atoms with Crippen molar-refractivity contribution >= 4 is 51.0 Å². The van der Waals surface area contributed by atoms with Gasteiger partial charge in [0.2, 0.25) is 17.7 Å². The van der Waals surface area contributed by atoms with Gasteiger partial charge in [0.05, 0.1) is 70.8 Å². The van der Waals surface area contributed by atoms with Crippen LogP contribution in [0.4, 0.5) is 9.18 Å². The molecule has 4 aromatic carbocycles. The van der Waals surface area contributed by atoms with Crippen molar-refractivity contribution in [3.05, 3.63) is 112 Å². The van der Waals surface area contributed by atoms with Gasteiger partial charge in [-0.2, -0.15) is 15.1 Å². The first-order valence-corrected chi connectivity index (χ1v) is 30.9. The van der Waals surface area contributed by atoms with Crippen LogP contribution in [0.15, 0.2) is 78.6 Å². The number of aryl methyl sites for hydroxylation is 1. The molecule has 8 aromatic rings. The van der Waals surface area contributed by atoms with Crippen LogP contribution in [0.2, 0.25) is 0 Å². The van der Waals surface area contributed by atoms with Gasteiger partial charge in [-0.3, -0.25) is 14.7 Å². The molecule has 464 valence electrons.